The van der Waals surface area contributed by atoms with Crippen LogP contribution in [-0.4, -0.2) is 41.9 Å². The number of hydrogen-bond acceptors (Lipinski definition) is 2. The molecule has 1 amide bonds. The first-order chi connectivity index (χ1) is 10.0. The lowest BCUT2D eigenvalue weighted by Gasteiger charge is -2.61. The minimum atomic E-state index is -0.0312. The Kier molecular flexibility index (Phi) is 3.42. The Morgan fingerprint density at radius 3 is 2.62 bits per heavy atom. The molecule has 1 saturated heterocycles. The van der Waals surface area contributed by atoms with Crippen molar-refractivity contribution < 1.29 is 9.53 Å². The van der Waals surface area contributed by atoms with E-state index < -0.39 is 0 Å². The molecule has 5 fully saturated rings. The Bertz CT molecular complexity index is 438. The highest BCUT2D eigenvalue weighted by molar-refractivity contribution is 9.09. The molecule has 3 atom stereocenters. The van der Waals surface area contributed by atoms with Gasteiger partial charge in [-0.25, -0.2) is 0 Å². The summed E-state index contributed by atoms with van der Waals surface area (Å²) in [6.07, 6.45) is 7.56. The monoisotopic (exact) mass is 355 g/mol. The summed E-state index contributed by atoms with van der Waals surface area (Å²) >= 11 is 3.57. The molecular weight excluding hydrogens is 330 g/mol. The molecule has 3 unspecified atom stereocenters. The van der Waals surface area contributed by atoms with Crippen molar-refractivity contribution in [3.63, 3.8) is 0 Å². The maximum absolute atomic E-state index is 13.4. The van der Waals surface area contributed by atoms with E-state index in [0.717, 1.165) is 43.0 Å². The summed E-state index contributed by atoms with van der Waals surface area (Å²) in [7, 11) is 0. The Morgan fingerprint density at radius 2 is 2.00 bits per heavy atom. The van der Waals surface area contributed by atoms with Gasteiger partial charge in [-0.3, -0.25) is 4.79 Å². The summed E-state index contributed by atoms with van der Waals surface area (Å²) in [4.78, 5) is 15.6. The van der Waals surface area contributed by atoms with Gasteiger partial charge in [-0.15, -0.1) is 0 Å². The molecule has 5 aliphatic rings. The van der Waals surface area contributed by atoms with Gasteiger partial charge in [-0.2, -0.15) is 0 Å². The second-order valence-electron chi connectivity index (χ2n) is 8.43. The molecule has 0 spiro atoms. The molecule has 21 heavy (non-hydrogen) atoms. The minimum absolute atomic E-state index is 0.0312. The highest BCUT2D eigenvalue weighted by atomic mass is 79.9. The first kappa shape index (κ1) is 14.5. The first-order valence-corrected chi connectivity index (χ1v) is 9.61. The van der Waals surface area contributed by atoms with Crippen LogP contribution >= 0.6 is 15.9 Å². The van der Waals surface area contributed by atoms with Gasteiger partial charge in [0.1, 0.15) is 0 Å². The standard InChI is InChI=1S/C17H26BrNO2/c1-16-5-12-4-13(6-16)8-17(7-12,11-16)15(20)19-2-3-21-10-14(19)9-18/h12-14H,2-11H2,1H3. The quantitative estimate of drug-likeness (QED) is 0.711. The molecule has 3 nitrogen and oxygen atoms in total. The van der Waals surface area contributed by atoms with E-state index in [1.54, 1.807) is 0 Å². The average Bonchev–Trinajstić information content (AvgIpc) is 2.44. The summed E-state index contributed by atoms with van der Waals surface area (Å²) < 4.78 is 5.57. The number of carbonyl (C=O) groups excluding carboxylic acids is 1. The van der Waals surface area contributed by atoms with Crippen molar-refractivity contribution in [1.82, 2.24) is 4.90 Å². The molecule has 1 heterocycles. The number of morpholine rings is 1. The van der Waals surface area contributed by atoms with E-state index >= 15 is 0 Å². The van der Waals surface area contributed by atoms with Gasteiger partial charge in [-0.05, 0) is 55.8 Å². The number of rotatable bonds is 2. The van der Waals surface area contributed by atoms with Crippen LogP contribution in [0.5, 0.6) is 0 Å². The SMILES string of the molecule is CC12CC3CC(C1)CC(C(=O)N1CCOCC1CBr)(C3)C2. The molecule has 0 N–H and O–H groups in total. The van der Waals surface area contributed by atoms with E-state index in [-0.39, 0.29) is 11.5 Å². The highest BCUT2D eigenvalue weighted by Gasteiger charge is 2.60. The Balaban J connectivity index is 1.61. The van der Waals surface area contributed by atoms with Crippen LogP contribution < -0.4 is 0 Å². The van der Waals surface area contributed by atoms with Crippen molar-refractivity contribution in [2.24, 2.45) is 22.7 Å². The molecule has 5 rings (SSSR count). The molecule has 1 aliphatic heterocycles. The Labute approximate surface area is 135 Å². The first-order valence-electron chi connectivity index (χ1n) is 8.48. The van der Waals surface area contributed by atoms with E-state index in [1.807, 2.05) is 0 Å². The Hall–Kier alpha value is -0.0900. The van der Waals surface area contributed by atoms with Gasteiger partial charge in [0, 0.05) is 11.9 Å². The van der Waals surface area contributed by atoms with E-state index in [2.05, 4.69) is 27.8 Å². The third-order valence-electron chi connectivity index (χ3n) is 6.47. The molecule has 4 saturated carbocycles. The van der Waals surface area contributed by atoms with Gasteiger partial charge >= 0.3 is 0 Å². The van der Waals surface area contributed by atoms with Crippen LogP contribution in [0.15, 0.2) is 0 Å². The van der Waals surface area contributed by atoms with Gasteiger partial charge in [0.15, 0.2) is 0 Å². The van der Waals surface area contributed by atoms with Crippen LogP contribution in [0.1, 0.15) is 45.4 Å². The molecule has 118 valence electrons. The highest BCUT2D eigenvalue weighted by Crippen LogP contribution is 2.65. The van der Waals surface area contributed by atoms with Gasteiger partial charge < -0.3 is 9.64 Å². The van der Waals surface area contributed by atoms with Crippen molar-refractivity contribution in [1.29, 1.82) is 0 Å². The third-order valence-corrected chi connectivity index (χ3v) is 7.22. The number of ether oxygens (including phenoxy) is 1. The van der Waals surface area contributed by atoms with Crippen molar-refractivity contribution >= 4 is 21.8 Å². The van der Waals surface area contributed by atoms with Crippen LogP contribution in [0.2, 0.25) is 0 Å². The van der Waals surface area contributed by atoms with Crippen LogP contribution in [0.3, 0.4) is 0 Å². The molecule has 4 heteroatoms. The average molecular weight is 356 g/mol. The maximum Gasteiger partial charge on any atom is 0.229 e. The maximum atomic E-state index is 13.4. The summed E-state index contributed by atoms with van der Waals surface area (Å²) in [5, 5.41) is 0.832. The smallest absolute Gasteiger partial charge is 0.229 e. The zero-order valence-electron chi connectivity index (χ0n) is 12.9. The van der Waals surface area contributed by atoms with E-state index in [4.69, 9.17) is 4.74 Å². The second kappa shape index (κ2) is 4.95. The van der Waals surface area contributed by atoms with Gasteiger partial charge in [-0.1, -0.05) is 22.9 Å². The summed E-state index contributed by atoms with van der Waals surface area (Å²) in [6.45, 7) is 4.61. The van der Waals surface area contributed by atoms with Crippen LogP contribution in [0.25, 0.3) is 0 Å². The molecule has 0 aromatic heterocycles. The predicted molar refractivity (Wildman–Crippen MR) is 85.3 cm³/mol. The molecular formula is C17H26BrNO2. The predicted octanol–water partition coefficient (Wildman–Crippen LogP) is 3.22. The molecule has 0 radical (unpaired) electrons. The lowest BCUT2D eigenvalue weighted by molar-refractivity contribution is -0.172. The van der Waals surface area contributed by atoms with Gasteiger partial charge in [0.2, 0.25) is 5.91 Å². The molecule has 4 bridgehead atoms. The van der Waals surface area contributed by atoms with Crippen LogP contribution in [-0.2, 0) is 9.53 Å². The topological polar surface area (TPSA) is 29.5 Å². The molecule has 4 aliphatic carbocycles. The van der Waals surface area contributed by atoms with Gasteiger partial charge in [0.05, 0.1) is 24.7 Å². The lowest BCUT2D eigenvalue weighted by Crippen LogP contribution is -2.61. The van der Waals surface area contributed by atoms with Crippen molar-refractivity contribution in [2.75, 3.05) is 25.1 Å². The third kappa shape index (κ3) is 2.28. The van der Waals surface area contributed by atoms with Crippen LogP contribution in [0.4, 0.5) is 0 Å². The van der Waals surface area contributed by atoms with Gasteiger partial charge in [0.25, 0.3) is 0 Å². The fourth-order valence-electron chi connectivity index (χ4n) is 6.33. The minimum Gasteiger partial charge on any atom is -0.377 e. The molecule has 0 aromatic rings. The normalized spacial score (nSPS) is 48.7. The van der Waals surface area contributed by atoms with E-state index in [9.17, 15) is 4.79 Å². The van der Waals surface area contributed by atoms with Crippen LogP contribution in [0, 0.1) is 22.7 Å². The largest absolute Gasteiger partial charge is 0.377 e. The second-order valence-corrected chi connectivity index (χ2v) is 9.08. The fourth-order valence-corrected chi connectivity index (χ4v) is 6.86. The van der Waals surface area contributed by atoms with E-state index in [0.29, 0.717) is 24.5 Å². The Morgan fingerprint density at radius 1 is 1.29 bits per heavy atom. The zero-order chi connectivity index (χ0) is 14.7. The lowest BCUT2D eigenvalue weighted by atomic mass is 9.44. The number of carbonyl (C=O) groups is 1. The fraction of sp³-hybridized carbons (Fsp3) is 0.941. The molecule has 0 aromatic carbocycles. The van der Waals surface area contributed by atoms with Crippen molar-refractivity contribution in [3.05, 3.63) is 0 Å². The summed E-state index contributed by atoms with van der Waals surface area (Å²) in [5.41, 5.74) is 0.409. The number of nitrogens with zero attached hydrogens (tertiary/aromatic N) is 1. The summed E-state index contributed by atoms with van der Waals surface area (Å²) in [6, 6.07) is 0.229. The van der Waals surface area contributed by atoms with Crippen molar-refractivity contribution in [2.45, 2.75) is 51.5 Å². The number of alkyl halides is 1. The number of halogens is 1. The van der Waals surface area contributed by atoms with Crippen molar-refractivity contribution in [3.8, 4) is 0 Å². The number of hydrogen-bond donors (Lipinski definition) is 0. The number of amides is 1. The van der Waals surface area contributed by atoms with E-state index in [1.165, 1.54) is 19.3 Å². The summed E-state index contributed by atoms with van der Waals surface area (Å²) in [5.74, 6) is 2.07. The zero-order valence-corrected chi connectivity index (χ0v) is 14.5.